The van der Waals surface area contributed by atoms with Crippen LogP contribution in [0.2, 0.25) is 0 Å². The lowest BCUT2D eigenvalue weighted by Crippen LogP contribution is -2.34. The Morgan fingerprint density at radius 1 is 1.06 bits per heavy atom. The molecule has 2 aromatic heterocycles. The summed E-state index contributed by atoms with van der Waals surface area (Å²) in [6.07, 6.45) is 4.30. The minimum Gasteiger partial charge on any atom is -0.392 e. The van der Waals surface area contributed by atoms with E-state index in [0.717, 1.165) is 58.4 Å². The monoisotopic (exact) mass is 482 g/mol. The molecule has 0 saturated heterocycles. The van der Waals surface area contributed by atoms with Crippen molar-refractivity contribution < 1.29 is 9.50 Å². The van der Waals surface area contributed by atoms with E-state index >= 15 is 0 Å². The largest absolute Gasteiger partial charge is 0.392 e. The molecular formula is C28H27FN6O. The molecule has 0 unspecified atom stereocenters. The van der Waals surface area contributed by atoms with Crippen LogP contribution in [0.15, 0.2) is 67.0 Å². The third kappa shape index (κ3) is 4.29. The van der Waals surface area contributed by atoms with E-state index in [1.54, 1.807) is 17.0 Å². The first-order valence-electron chi connectivity index (χ1n) is 12.2. The van der Waals surface area contributed by atoms with Crippen molar-refractivity contribution in [3.05, 3.63) is 78.4 Å². The fourth-order valence-corrected chi connectivity index (χ4v) is 5.04. The topological polar surface area (TPSA) is 91.7 Å². The zero-order valence-electron chi connectivity index (χ0n) is 19.9. The van der Waals surface area contributed by atoms with Crippen LogP contribution in [0.25, 0.3) is 44.9 Å². The van der Waals surface area contributed by atoms with Crippen LogP contribution in [0.3, 0.4) is 0 Å². The predicted octanol–water partition coefficient (Wildman–Crippen LogP) is 4.83. The van der Waals surface area contributed by atoms with Gasteiger partial charge in [-0.05, 0) is 66.3 Å². The highest BCUT2D eigenvalue weighted by Crippen LogP contribution is 2.33. The number of hydrogen-bond acceptors (Lipinski definition) is 5. The van der Waals surface area contributed by atoms with Crippen LogP contribution in [0, 0.1) is 5.82 Å². The average Bonchev–Trinajstić information content (AvgIpc) is 3.62. The molecule has 0 bridgehead atoms. The van der Waals surface area contributed by atoms with Gasteiger partial charge in [-0.1, -0.05) is 30.3 Å². The van der Waals surface area contributed by atoms with Crippen LogP contribution >= 0.6 is 0 Å². The summed E-state index contributed by atoms with van der Waals surface area (Å²) in [6, 6.07) is 19.1. The normalized spacial score (nSPS) is 17.8. The standard InChI is InChI=1S/C28H27FN6O/c1-35-16-31-34-28(35)22-14-20(29)9-10-21(22)18-4-2-5-19(13-18)27-32-23-11-8-17(12-25(23)33-27)15-30-24-6-3-7-26(24)36/h2,4-5,8-14,16,24,26,30,36H,3,6-7,15H2,1H3,(H,32,33)/t24-,26+/m1/s1. The van der Waals surface area contributed by atoms with E-state index in [0.29, 0.717) is 17.9 Å². The SMILES string of the molecule is Cn1cnnc1-c1cc(F)ccc1-c1cccc(-c2nc3cc(CN[C@@H]4CCC[C@@H]4O)ccc3[nH]2)c1. The van der Waals surface area contributed by atoms with Crippen molar-refractivity contribution in [2.75, 3.05) is 0 Å². The predicted molar refractivity (Wildman–Crippen MR) is 137 cm³/mol. The zero-order valence-corrected chi connectivity index (χ0v) is 19.9. The molecule has 5 aromatic rings. The van der Waals surface area contributed by atoms with Gasteiger partial charge in [0.2, 0.25) is 0 Å². The summed E-state index contributed by atoms with van der Waals surface area (Å²) in [5, 5.41) is 21.7. The smallest absolute Gasteiger partial charge is 0.164 e. The molecule has 6 rings (SSSR count). The number of aromatic nitrogens is 5. The maximum absolute atomic E-state index is 14.2. The van der Waals surface area contributed by atoms with Gasteiger partial charge in [-0.3, -0.25) is 0 Å². The van der Waals surface area contributed by atoms with Gasteiger partial charge in [0, 0.05) is 30.8 Å². The van der Waals surface area contributed by atoms with Crippen molar-refractivity contribution in [2.24, 2.45) is 7.05 Å². The molecule has 8 heteroatoms. The number of aliphatic hydroxyl groups excluding tert-OH is 1. The van der Waals surface area contributed by atoms with Gasteiger partial charge in [-0.15, -0.1) is 10.2 Å². The summed E-state index contributed by atoms with van der Waals surface area (Å²) in [6.45, 7) is 0.699. The van der Waals surface area contributed by atoms with Crippen LogP contribution in [0.1, 0.15) is 24.8 Å². The Labute approximate surface area is 208 Å². The molecule has 1 saturated carbocycles. The second-order valence-corrected chi connectivity index (χ2v) is 9.46. The zero-order chi connectivity index (χ0) is 24.6. The minimum atomic E-state index is -0.321. The number of hydrogen-bond donors (Lipinski definition) is 3. The van der Waals surface area contributed by atoms with Gasteiger partial charge in [0.1, 0.15) is 18.0 Å². The van der Waals surface area contributed by atoms with Gasteiger partial charge in [0.05, 0.1) is 17.1 Å². The summed E-state index contributed by atoms with van der Waals surface area (Å²) >= 11 is 0. The van der Waals surface area contributed by atoms with Crippen LogP contribution in [0.5, 0.6) is 0 Å². The number of imidazole rings is 1. The molecule has 182 valence electrons. The highest BCUT2D eigenvalue weighted by molar-refractivity contribution is 5.84. The van der Waals surface area contributed by atoms with E-state index in [1.165, 1.54) is 12.1 Å². The molecular weight excluding hydrogens is 455 g/mol. The van der Waals surface area contributed by atoms with E-state index < -0.39 is 0 Å². The van der Waals surface area contributed by atoms with Crippen LogP contribution in [-0.4, -0.2) is 42.0 Å². The van der Waals surface area contributed by atoms with Crippen molar-refractivity contribution in [3.63, 3.8) is 0 Å². The first kappa shape index (κ1) is 22.6. The van der Waals surface area contributed by atoms with Crippen molar-refractivity contribution >= 4 is 11.0 Å². The fourth-order valence-electron chi connectivity index (χ4n) is 5.04. The molecule has 0 spiro atoms. The molecule has 2 heterocycles. The molecule has 7 nitrogen and oxygen atoms in total. The molecule has 1 aliphatic carbocycles. The lowest BCUT2D eigenvalue weighted by atomic mass is 9.97. The van der Waals surface area contributed by atoms with Gasteiger partial charge in [0.25, 0.3) is 0 Å². The van der Waals surface area contributed by atoms with Crippen molar-refractivity contribution in [2.45, 2.75) is 38.0 Å². The molecule has 2 atom stereocenters. The Morgan fingerprint density at radius 3 is 2.75 bits per heavy atom. The van der Waals surface area contributed by atoms with E-state index in [-0.39, 0.29) is 18.0 Å². The van der Waals surface area contributed by atoms with Crippen LogP contribution in [-0.2, 0) is 13.6 Å². The Morgan fingerprint density at radius 2 is 1.94 bits per heavy atom. The minimum absolute atomic E-state index is 0.163. The molecule has 3 N–H and O–H groups in total. The van der Waals surface area contributed by atoms with E-state index in [1.807, 2.05) is 31.3 Å². The quantitative estimate of drug-likeness (QED) is 0.322. The maximum atomic E-state index is 14.2. The number of fused-ring (bicyclic) bond motifs is 1. The molecule has 0 amide bonds. The highest BCUT2D eigenvalue weighted by atomic mass is 19.1. The van der Waals surface area contributed by atoms with Gasteiger partial charge >= 0.3 is 0 Å². The summed E-state index contributed by atoms with van der Waals surface area (Å²) < 4.78 is 15.9. The Balaban J connectivity index is 1.31. The Hall–Kier alpha value is -3.88. The van der Waals surface area contributed by atoms with Gasteiger partial charge in [-0.2, -0.15) is 0 Å². The molecule has 1 aliphatic rings. The average molecular weight is 483 g/mol. The first-order chi connectivity index (χ1) is 17.5. The van der Waals surface area contributed by atoms with Crippen molar-refractivity contribution in [3.8, 4) is 33.9 Å². The highest BCUT2D eigenvalue weighted by Gasteiger charge is 2.24. The molecule has 0 aliphatic heterocycles. The summed E-state index contributed by atoms with van der Waals surface area (Å²) in [7, 11) is 1.84. The number of benzene rings is 3. The van der Waals surface area contributed by atoms with Crippen molar-refractivity contribution in [1.82, 2.24) is 30.0 Å². The Kier molecular flexibility index (Phi) is 5.83. The number of aromatic amines is 1. The number of halogens is 1. The van der Waals surface area contributed by atoms with Crippen LogP contribution in [0.4, 0.5) is 4.39 Å². The number of rotatable bonds is 6. The molecule has 0 radical (unpaired) electrons. The van der Waals surface area contributed by atoms with Crippen LogP contribution < -0.4 is 5.32 Å². The second-order valence-electron chi connectivity index (χ2n) is 9.46. The van der Waals surface area contributed by atoms with E-state index in [9.17, 15) is 9.50 Å². The van der Waals surface area contributed by atoms with E-state index in [2.05, 4.69) is 38.7 Å². The lowest BCUT2D eigenvalue weighted by Gasteiger charge is -2.16. The molecule has 3 aromatic carbocycles. The maximum Gasteiger partial charge on any atom is 0.164 e. The first-order valence-corrected chi connectivity index (χ1v) is 12.2. The summed E-state index contributed by atoms with van der Waals surface area (Å²) in [5.41, 5.74) is 6.41. The van der Waals surface area contributed by atoms with Gasteiger partial charge in [-0.25, -0.2) is 9.37 Å². The third-order valence-electron chi connectivity index (χ3n) is 6.98. The van der Waals surface area contributed by atoms with E-state index in [4.69, 9.17) is 4.98 Å². The van der Waals surface area contributed by atoms with Gasteiger partial charge in [0.15, 0.2) is 5.82 Å². The lowest BCUT2D eigenvalue weighted by molar-refractivity contribution is 0.148. The number of aryl methyl sites for hydroxylation is 1. The third-order valence-corrected chi connectivity index (χ3v) is 6.98. The number of aliphatic hydroxyl groups is 1. The summed E-state index contributed by atoms with van der Waals surface area (Å²) in [4.78, 5) is 8.28. The van der Waals surface area contributed by atoms with Gasteiger partial charge < -0.3 is 20.0 Å². The number of nitrogens with one attached hydrogen (secondary N) is 2. The molecule has 36 heavy (non-hydrogen) atoms. The fraction of sp³-hybridized carbons (Fsp3) is 0.250. The number of H-pyrrole nitrogens is 1. The molecule has 1 fully saturated rings. The second kappa shape index (κ2) is 9.29. The Bertz CT molecular complexity index is 1540. The number of nitrogens with zero attached hydrogens (tertiary/aromatic N) is 4. The summed E-state index contributed by atoms with van der Waals surface area (Å²) in [5.74, 6) is 1.05. The van der Waals surface area contributed by atoms with Crippen molar-refractivity contribution in [1.29, 1.82) is 0 Å².